The van der Waals surface area contributed by atoms with Crippen LogP contribution in [0.3, 0.4) is 0 Å². The molecule has 0 unspecified atom stereocenters. The molecule has 13 heavy (non-hydrogen) atoms. The second-order valence-corrected chi connectivity index (χ2v) is 3.54. The van der Waals surface area contributed by atoms with Crippen molar-refractivity contribution in [2.24, 2.45) is 0 Å². The van der Waals surface area contributed by atoms with Gasteiger partial charge in [0.05, 0.1) is 11.3 Å². The summed E-state index contributed by atoms with van der Waals surface area (Å²) in [6.45, 7) is 2.15. The summed E-state index contributed by atoms with van der Waals surface area (Å²) in [5, 5.41) is 12.2. The van der Waals surface area contributed by atoms with E-state index in [9.17, 15) is 0 Å². The van der Waals surface area contributed by atoms with Crippen molar-refractivity contribution >= 4 is 5.69 Å². The number of rotatable bonds is 0. The lowest BCUT2D eigenvalue weighted by molar-refractivity contribution is 0.680. The van der Waals surface area contributed by atoms with E-state index in [0.29, 0.717) is 6.04 Å². The predicted octanol–water partition coefficient (Wildman–Crippen LogP) is 2.30. The zero-order valence-electron chi connectivity index (χ0n) is 7.67. The first-order valence-electron chi connectivity index (χ1n) is 4.60. The minimum Gasteiger partial charge on any atom is -0.381 e. The van der Waals surface area contributed by atoms with Crippen molar-refractivity contribution < 1.29 is 0 Å². The summed E-state index contributed by atoms with van der Waals surface area (Å²) in [5.41, 5.74) is 3.09. The molecule has 1 aliphatic heterocycles. The Bertz CT molecular complexity index is 363. The van der Waals surface area contributed by atoms with Gasteiger partial charge in [-0.25, -0.2) is 0 Å². The number of nitrogens with one attached hydrogen (secondary N) is 1. The van der Waals surface area contributed by atoms with Crippen LogP contribution in [0.5, 0.6) is 0 Å². The van der Waals surface area contributed by atoms with Gasteiger partial charge < -0.3 is 5.32 Å². The highest BCUT2D eigenvalue weighted by molar-refractivity contribution is 5.64. The molecule has 0 saturated heterocycles. The van der Waals surface area contributed by atoms with Crippen LogP contribution in [0.25, 0.3) is 0 Å². The molecular weight excluding hydrogens is 160 g/mol. The number of hydrogen-bond donors (Lipinski definition) is 1. The number of benzene rings is 1. The van der Waals surface area contributed by atoms with Crippen molar-refractivity contribution in [3.63, 3.8) is 0 Å². The van der Waals surface area contributed by atoms with Crippen molar-refractivity contribution in [2.45, 2.75) is 25.8 Å². The third-order valence-electron chi connectivity index (χ3n) is 2.51. The number of fused-ring (bicyclic) bond motifs is 1. The summed E-state index contributed by atoms with van der Waals surface area (Å²) >= 11 is 0. The van der Waals surface area contributed by atoms with Crippen LogP contribution in [0.15, 0.2) is 18.2 Å². The standard InChI is InChI=1S/C11H12N2/c1-8-5-6-9-3-2-4-10(7-12)11(9)13-8/h2-4,8,13H,5-6H2,1H3/t8-/m1/s1. The van der Waals surface area contributed by atoms with Crippen LogP contribution in [-0.4, -0.2) is 6.04 Å². The normalized spacial score (nSPS) is 19.8. The maximum absolute atomic E-state index is 8.89. The molecule has 1 aromatic rings. The third-order valence-corrected chi connectivity index (χ3v) is 2.51. The molecule has 1 heterocycles. The number of aryl methyl sites for hydroxylation is 1. The predicted molar refractivity (Wildman–Crippen MR) is 52.6 cm³/mol. The number of anilines is 1. The van der Waals surface area contributed by atoms with Crippen molar-refractivity contribution in [2.75, 3.05) is 5.32 Å². The Hall–Kier alpha value is -1.49. The molecule has 2 nitrogen and oxygen atoms in total. The molecule has 0 aromatic heterocycles. The summed E-state index contributed by atoms with van der Waals surface area (Å²) in [6.07, 6.45) is 2.24. The fourth-order valence-corrected chi connectivity index (χ4v) is 1.76. The van der Waals surface area contributed by atoms with Gasteiger partial charge in [0.25, 0.3) is 0 Å². The van der Waals surface area contributed by atoms with E-state index in [0.717, 1.165) is 24.1 Å². The van der Waals surface area contributed by atoms with Crippen molar-refractivity contribution in [1.29, 1.82) is 5.26 Å². The van der Waals surface area contributed by atoms with Crippen molar-refractivity contribution in [3.05, 3.63) is 29.3 Å². The summed E-state index contributed by atoms with van der Waals surface area (Å²) in [4.78, 5) is 0. The summed E-state index contributed by atoms with van der Waals surface area (Å²) < 4.78 is 0. The minimum atomic E-state index is 0.488. The third kappa shape index (κ3) is 1.38. The van der Waals surface area contributed by atoms with Crippen LogP contribution < -0.4 is 5.32 Å². The first kappa shape index (κ1) is 8.12. The quantitative estimate of drug-likeness (QED) is 0.651. The lowest BCUT2D eigenvalue weighted by Gasteiger charge is -2.24. The van der Waals surface area contributed by atoms with E-state index in [1.54, 1.807) is 0 Å². The van der Waals surface area contributed by atoms with Crippen LogP contribution in [0, 0.1) is 11.3 Å². The highest BCUT2D eigenvalue weighted by Crippen LogP contribution is 2.27. The van der Waals surface area contributed by atoms with E-state index >= 15 is 0 Å². The fourth-order valence-electron chi connectivity index (χ4n) is 1.76. The molecule has 0 bridgehead atoms. The molecule has 0 fully saturated rings. The van der Waals surface area contributed by atoms with Gasteiger partial charge in [0.1, 0.15) is 6.07 Å². The Morgan fingerprint density at radius 2 is 2.38 bits per heavy atom. The topological polar surface area (TPSA) is 35.8 Å². The van der Waals surface area contributed by atoms with Gasteiger partial charge in [-0.05, 0) is 31.4 Å². The van der Waals surface area contributed by atoms with Gasteiger partial charge >= 0.3 is 0 Å². The van der Waals surface area contributed by atoms with Crippen LogP contribution in [0.1, 0.15) is 24.5 Å². The summed E-state index contributed by atoms with van der Waals surface area (Å²) in [6, 6.07) is 8.61. The fraction of sp³-hybridized carbons (Fsp3) is 0.364. The van der Waals surface area contributed by atoms with Crippen LogP contribution >= 0.6 is 0 Å². The molecule has 0 spiro atoms. The lowest BCUT2D eigenvalue weighted by Crippen LogP contribution is -2.22. The number of hydrogen-bond acceptors (Lipinski definition) is 2. The van der Waals surface area contributed by atoms with Crippen molar-refractivity contribution in [1.82, 2.24) is 0 Å². The molecule has 1 aliphatic rings. The maximum Gasteiger partial charge on any atom is 0.101 e. The zero-order chi connectivity index (χ0) is 9.26. The van der Waals surface area contributed by atoms with Gasteiger partial charge in [-0.3, -0.25) is 0 Å². The molecule has 0 amide bonds. The smallest absolute Gasteiger partial charge is 0.101 e. The SMILES string of the molecule is C[C@@H]1CCc2cccc(C#N)c2N1. The monoisotopic (exact) mass is 172 g/mol. The van der Waals surface area contributed by atoms with Crippen LogP contribution in [-0.2, 0) is 6.42 Å². The Morgan fingerprint density at radius 3 is 3.15 bits per heavy atom. The van der Waals surface area contributed by atoms with Gasteiger partial charge in [-0.2, -0.15) is 5.26 Å². The van der Waals surface area contributed by atoms with E-state index in [2.05, 4.69) is 24.4 Å². The molecule has 2 rings (SSSR count). The van der Waals surface area contributed by atoms with Gasteiger partial charge in [-0.1, -0.05) is 12.1 Å². The zero-order valence-corrected chi connectivity index (χ0v) is 7.67. The van der Waals surface area contributed by atoms with E-state index in [1.165, 1.54) is 5.56 Å². The molecule has 0 saturated carbocycles. The summed E-state index contributed by atoms with van der Waals surface area (Å²) in [7, 11) is 0. The second-order valence-electron chi connectivity index (χ2n) is 3.54. The van der Waals surface area contributed by atoms with Crippen LogP contribution in [0.4, 0.5) is 5.69 Å². The molecule has 1 atom stereocenters. The Balaban J connectivity index is 2.48. The van der Waals surface area contributed by atoms with E-state index in [1.807, 2.05) is 12.1 Å². The van der Waals surface area contributed by atoms with E-state index in [4.69, 9.17) is 5.26 Å². The number of nitrogens with zero attached hydrogens (tertiary/aromatic N) is 1. The summed E-state index contributed by atoms with van der Waals surface area (Å²) in [5.74, 6) is 0. The molecule has 1 aromatic carbocycles. The van der Waals surface area contributed by atoms with Gasteiger partial charge in [0, 0.05) is 6.04 Å². The number of para-hydroxylation sites is 1. The van der Waals surface area contributed by atoms with Gasteiger partial charge in [-0.15, -0.1) is 0 Å². The first-order valence-corrected chi connectivity index (χ1v) is 4.60. The average Bonchev–Trinajstić information content (AvgIpc) is 2.17. The molecule has 0 aliphatic carbocycles. The maximum atomic E-state index is 8.89. The molecule has 1 N–H and O–H groups in total. The highest BCUT2D eigenvalue weighted by Gasteiger charge is 2.16. The second kappa shape index (κ2) is 3.10. The van der Waals surface area contributed by atoms with Gasteiger partial charge in [0.2, 0.25) is 0 Å². The lowest BCUT2D eigenvalue weighted by atomic mass is 9.96. The largest absolute Gasteiger partial charge is 0.381 e. The Labute approximate surface area is 78.2 Å². The Morgan fingerprint density at radius 1 is 1.54 bits per heavy atom. The van der Waals surface area contributed by atoms with Crippen LogP contribution in [0.2, 0.25) is 0 Å². The minimum absolute atomic E-state index is 0.488. The molecular formula is C11H12N2. The van der Waals surface area contributed by atoms with E-state index < -0.39 is 0 Å². The molecule has 0 radical (unpaired) electrons. The van der Waals surface area contributed by atoms with Gasteiger partial charge in [0.15, 0.2) is 0 Å². The molecule has 66 valence electrons. The average molecular weight is 172 g/mol. The number of nitriles is 1. The van der Waals surface area contributed by atoms with E-state index in [-0.39, 0.29) is 0 Å². The Kier molecular flexibility index (Phi) is 1.94. The highest BCUT2D eigenvalue weighted by atomic mass is 14.9. The van der Waals surface area contributed by atoms with Crippen molar-refractivity contribution in [3.8, 4) is 6.07 Å². The first-order chi connectivity index (χ1) is 6.31. The molecule has 2 heteroatoms.